The zero-order chi connectivity index (χ0) is 14.2. The predicted octanol–water partition coefficient (Wildman–Crippen LogP) is 0.126. The lowest BCUT2D eigenvalue weighted by molar-refractivity contribution is -0.134. The highest BCUT2D eigenvalue weighted by molar-refractivity contribution is 7.89. The van der Waals surface area contributed by atoms with Crippen LogP contribution in [0.1, 0.15) is 0 Å². The number of nitrogens with zero attached hydrogens (tertiary/aromatic N) is 1. The van der Waals surface area contributed by atoms with Crippen LogP contribution in [-0.4, -0.2) is 37.6 Å². The van der Waals surface area contributed by atoms with Crippen LogP contribution in [0.2, 0.25) is 5.02 Å². The molecule has 1 fully saturated rings. The van der Waals surface area contributed by atoms with Gasteiger partial charge in [-0.2, -0.15) is 4.31 Å². The lowest BCUT2D eigenvalue weighted by atomic mass is 10.3. The first-order valence-corrected chi connectivity index (χ1v) is 6.90. The molecule has 1 aromatic rings. The summed E-state index contributed by atoms with van der Waals surface area (Å²) in [6.07, 6.45) is 0. The minimum atomic E-state index is -4.12. The Hall–Kier alpha value is -1.51. The number of piperazine rings is 1. The lowest BCUT2D eigenvalue weighted by Gasteiger charge is -2.25. The zero-order valence-electron chi connectivity index (χ0n) is 9.39. The molecule has 1 N–H and O–H groups in total. The predicted molar refractivity (Wildman–Crippen MR) is 63.3 cm³/mol. The number of hydrogen-bond donors (Lipinski definition) is 1. The Morgan fingerprint density at radius 1 is 1.21 bits per heavy atom. The number of carbonyl (C=O) groups is 2. The second-order valence-electron chi connectivity index (χ2n) is 3.82. The van der Waals surface area contributed by atoms with Crippen molar-refractivity contribution >= 4 is 33.4 Å². The number of carbonyl (C=O) groups excluding carboxylic acids is 2. The van der Waals surface area contributed by atoms with Crippen molar-refractivity contribution in [3.8, 4) is 0 Å². The van der Waals surface area contributed by atoms with E-state index in [0.29, 0.717) is 4.31 Å². The molecule has 1 aliphatic heterocycles. The van der Waals surface area contributed by atoms with Crippen molar-refractivity contribution < 1.29 is 22.4 Å². The van der Waals surface area contributed by atoms with E-state index in [2.05, 4.69) is 0 Å². The molecule has 0 aromatic heterocycles. The zero-order valence-corrected chi connectivity index (χ0v) is 11.0. The Labute approximate surface area is 113 Å². The highest BCUT2D eigenvalue weighted by Crippen LogP contribution is 2.25. The summed E-state index contributed by atoms with van der Waals surface area (Å²) >= 11 is 5.67. The molecule has 0 saturated carbocycles. The monoisotopic (exact) mass is 306 g/mol. The van der Waals surface area contributed by atoms with Gasteiger partial charge < -0.3 is 0 Å². The quantitative estimate of drug-likeness (QED) is 0.787. The van der Waals surface area contributed by atoms with Gasteiger partial charge in [-0.25, -0.2) is 12.8 Å². The van der Waals surface area contributed by atoms with Crippen LogP contribution in [0.25, 0.3) is 0 Å². The Morgan fingerprint density at radius 2 is 1.79 bits per heavy atom. The average Bonchev–Trinajstić information content (AvgIpc) is 2.26. The molecule has 0 unspecified atom stereocenters. The van der Waals surface area contributed by atoms with Crippen molar-refractivity contribution in [2.75, 3.05) is 13.1 Å². The van der Waals surface area contributed by atoms with Gasteiger partial charge in [-0.1, -0.05) is 11.6 Å². The molecule has 6 nitrogen and oxygen atoms in total. The van der Waals surface area contributed by atoms with Crippen LogP contribution in [0.15, 0.2) is 23.1 Å². The number of amides is 2. The Bertz CT molecular complexity index is 645. The van der Waals surface area contributed by atoms with Gasteiger partial charge >= 0.3 is 0 Å². The van der Waals surface area contributed by atoms with Crippen molar-refractivity contribution in [1.29, 1.82) is 0 Å². The first-order chi connectivity index (χ1) is 8.80. The van der Waals surface area contributed by atoms with Gasteiger partial charge in [-0.15, -0.1) is 0 Å². The van der Waals surface area contributed by atoms with Gasteiger partial charge in [0.15, 0.2) is 0 Å². The molecule has 102 valence electrons. The van der Waals surface area contributed by atoms with Crippen LogP contribution in [0.4, 0.5) is 4.39 Å². The van der Waals surface area contributed by atoms with E-state index in [1.54, 1.807) is 0 Å². The fraction of sp³-hybridized carbons (Fsp3) is 0.200. The highest BCUT2D eigenvalue weighted by atomic mass is 35.5. The summed E-state index contributed by atoms with van der Waals surface area (Å²) in [6, 6.07) is 2.77. The van der Waals surface area contributed by atoms with Crippen LogP contribution >= 0.6 is 11.6 Å². The number of rotatable bonds is 2. The van der Waals surface area contributed by atoms with E-state index in [0.717, 1.165) is 18.2 Å². The molecule has 1 heterocycles. The van der Waals surface area contributed by atoms with E-state index in [9.17, 15) is 22.4 Å². The molecule has 19 heavy (non-hydrogen) atoms. The van der Waals surface area contributed by atoms with Crippen molar-refractivity contribution in [2.24, 2.45) is 0 Å². The molecule has 2 amide bonds. The highest BCUT2D eigenvalue weighted by Gasteiger charge is 2.34. The second-order valence-corrected chi connectivity index (χ2v) is 6.13. The maximum Gasteiger partial charge on any atom is 0.245 e. The smallest absolute Gasteiger partial charge is 0.245 e. The van der Waals surface area contributed by atoms with Crippen molar-refractivity contribution in [3.63, 3.8) is 0 Å². The van der Waals surface area contributed by atoms with Gasteiger partial charge in [0, 0.05) is 0 Å². The molecule has 1 aliphatic rings. The number of imide groups is 1. The Balaban J connectivity index is 2.42. The van der Waals surface area contributed by atoms with E-state index < -0.39 is 40.7 Å². The number of hydrogen-bond acceptors (Lipinski definition) is 4. The summed E-state index contributed by atoms with van der Waals surface area (Å²) in [5.74, 6) is -2.13. The maximum absolute atomic E-state index is 12.9. The van der Waals surface area contributed by atoms with Gasteiger partial charge in [0.25, 0.3) is 0 Å². The maximum atomic E-state index is 12.9. The third-order valence-electron chi connectivity index (χ3n) is 2.43. The van der Waals surface area contributed by atoms with Gasteiger partial charge in [0.1, 0.15) is 10.7 Å². The third-order valence-corrected chi connectivity index (χ3v) is 4.71. The molecule has 0 aliphatic carbocycles. The Morgan fingerprint density at radius 3 is 2.32 bits per heavy atom. The summed E-state index contributed by atoms with van der Waals surface area (Å²) < 4.78 is 38.0. The van der Waals surface area contributed by atoms with Crippen LogP contribution in [-0.2, 0) is 19.6 Å². The summed E-state index contributed by atoms with van der Waals surface area (Å²) in [5.41, 5.74) is 0. The van der Waals surface area contributed by atoms with Crippen LogP contribution < -0.4 is 5.32 Å². The van der Waals surface area contributed by atoms with E-state index >= 15 is 0 Å². The van der Waals surface area contributed by atoms with Gasteiger partial charge in [0.2, 0.25) is 21.8 Å². The molecule has 0 atom stereocenters. The van der Waals surface area contributed by atoms with Gasteiger partial charge in [-0.05, 0) is 18.2 Å². The molecule has 1 saturated heterocycles. The van der Waals surface area contributed by atoms with Crippen molar-refractivity contribution in [3.05, 3.63) is 29.0 Å². The average molecular weight is 307 g/mol. The van der Waals surface area contributed by atoms with E-state index in [1.807, 2.05) is 5.32 Å². The molecule has 0 radical (unpaired) electrons. The number of sulfonamides is 1. The topological polar surface area (TPSA) is 83.6 Å². The lowest BCUT2D eigenvalue weighted by Crippen LogP contribution is -2.53. The number of nitrogens with one attached hydrogen (secondary N) is 1. The first kappa shape index (κ1) is 13.9. The van der Waals surface area contributed by atoms with Crippen molar-refractivity contribution in [1.82, 2.24) is 9.62 Å². The van der Waals surface area contributed by atoms with Crippen LogP contribution in [0.5, 0.6) is 0 Å². The Kier molecular flexibility index (Phi) is 3.57. The number of halogens is 2. The van der Waals surface area contributed by atoms with Crippen LogP contribution in [0, 0.1) is 5.82 Å². The van der Waals surface area contributed by atoms with E-state index in [4.69, 9.17) is 11.6 Å². The van der Waals surface area contributed by atoms with E-state index in [1.165, 1.54) is 0 Å². The van der Waals surface area contributed by atoms with Gasteiger partial charge in [-0.3, -0.25) is 14.9 Å². The fourth-order valence-electron chi connectivity index (χ4n) is 1.60. The summed E-state index contributed by atoms with van der Waals surface area (Å²) in [7, 11) is -4.12. The number of benzene rings is 1. The third kappa shape index (κ3) is 2.75. The SMILES string of the molecule is O=C1CN(S(=O)(=O)c2ccc(F)cc2Cl)CC(=O)N1. The molecular formula is C10H8ClFN2O4S. The summed E-state index contributed by atoms with van der Waals surface area (Å²) in [4.78, 5) is 22.0. The molecule has 2 rings (SSSR count). The second kappa shape index (κ2) is 4.87. The fourth-order valence-corrected chi connectivity index (χ4v) is 3.46. The molecule has 0 spiro atoms. The van der Waals surface area contributed by atoms with Gasteiger partial charge in [0.05, 0.1) is 18.1 Å². The first-order valence-electron chi connectivity index (χ1n) is 5.08. The molecule has 1 aromatic carbocycles. The van der Waals surface area contributed by atoms with Crippen LogP contribution in [0.3, 0.4) is 0 Å². The minimum absolute atomic E-state index is 0.307. The molecule has 9 heteroatoms. The largest absolute Gasteiger partial charge is 0.294 e. The standard InChI is InChI=1S/C10H8ClFN2O4S/c11-7-3-6(12)1-2-8(7)19(17,18)14-4-9(15)13-10(16)5-14/h1-3H,4-5H2,(H,13,15,16). The van der Waals surface area contributed by atoms with Crippen molar-refractivity contribution in [2.45, 2.75) is 4.90 Å². The molecule has 0 bridgehead atoms. The summed E-state index contributed by atoms with van der Waals surface area (Å²) in [5, 5.41) is 1.67. The summed E-state index contributed by atoms with van der Waals surface area (Å²) in [6.45, 7) is -0.969. The minimum Gasteiger partial charge on any atom is -0.294 e. The normalized spacial score (nSPS) is 17.4. The van der Waals surface area contributed by atoms with E-state index in [-0.39, 0.29) is 9.92 Å². The molecular weight excluding hydrogens is 299 g/mol.